The number of aliphatic hydroxyl groups excluding tert-OH is 1. The van der Waals surface area contributed by atoms with Crippen molar-refractivity contribution in [3.63, 3.8) is 0 Å². The lowest BCUT2D eigenvalue weighted by molar-refractivity contribution is 0.0694. The Balaban J connectivity index is 3.02. The minimum atomic E-state index is -0.936. The molecule has 1 atom stereocenters. The molecule has 0 aliphatic heterocycles. The van der Waals surface area contributed by atoms with E-state index in [4.69, 9.17) is 5.11 Å². The summed E-state index contributed by atoms with van der Waals surface area (Å²) in [4.78, 5) is 12.0. The van der Waals surface area contributed by atoms with Gasteiger partial charge in [-0.05, 0) is 31.7 Å². The zero-order valence-electron chi connectivity index (χ0n) is 9.93. The second-order valence-corrected chi connectivity index (χ2v) is 4.59. The number of hydrogen-bond acceptors (Lipinski definition) is 4. The molecule has 1 aromatic rings. The summed E-state index contributed by atoms with van der Waals surface area (Å²) in [5, 5.41) is 21.2. The standard InChI is InChI=1S/C12H17NO3S/c1-8(6-7-14)13-9-4-3-5-10(17-2)11(9)12(15)16/h3-5,8,13-14H,6-7H2,1-2H3,(H,15,16). The van der Waals surface area contributed by atoms with Crippen molar-refractivity contribution >= 4 is 23.4 Å². The monoisotopic (exact) mass is 255 g/mol. The zero-order valence-corrected chi connectivity index (χ0v) is 10.8. The lowest BCUT2D eigenvalue weighted by Crippen LogP contribution is -2.19. The van der Waals surface area contributed by atoms with Gasteiger partial charge in [0.05, 0.1) is 11.3 Å². The van der Waals surface area contributed by atoms with Gasteiger partial charge in [-0.25, -0.2) is 4.79 Å². The van der Waals surface area contributed by atoms with Gasteiger partial charge in [-0.1, -0.05) is 6.07 Å². The topological polar surface area (TPSA) is 69.6 Å². The Bertz CT molecular complexity index is 395. The number of benzene rings is 1. The van der Waals surface area contributed by atoms with E-state index >= 15 is 0 Å². The third-order valence-corrected chi connectivity index (χ3v) is 3.20. The quantitative estimate of drug-likeness (QED) is 0.680. The summed E-state index contributed by atoms with van der Waals surface area (Å²) < 4.78 is 0. The van der Waals surface area contributed by atoms with Crippen molar-refractivity contribution in [2.45, 2.75) is 24.3 Å². The second kappa shape index (κ2) is 6.51. The first-order chi connectivity index (χ1) is 8.10. The average Bonchev–Trinajstić information content (AvgIpc) is 2.28. The van der Waals surface area contributed by atoms with E-state index in [0.29, 0.717) is 17.7 Å². The highest BCUT2D eigenvalue weighted by molar-refractivity contribution is 7.98. The maximum Gasteiger partial charge on any atom is 0.338 e. The fraction of sp³-hybridized carbons (Fsp3) is 0.417. The third kappa shape index (κ3) is 3.64. The van der Waals surface area contributed by atoms with Gasteiger partial charge in [0.25, 0.3) is 0 Å². The van der Waals surface area contributed by atoms with Gasteiger partial charge in [0.2, 0.25) is 0 Å². The Morgan fingerprint density at radius 1 is 1.53 bits per heavy atom. The molecule has 0 heterocycles. The summed E-state index contributed by atoms with van der Waals surface area (Å²) in [5.41, 5.74) is 0.898. The second-order valence-electron chi connectivity index (χ2n) is 3.75. The van der Waals surface area contributed by atoms with Crippen LogP contribution in [-0.2, 0) is 0 Å². The molecular weight excluding hydrogens is 238 g/mol. The highest BCUT2D eigenvalue weighted by Crippen LogP contribution is 2.27. The van der Waals surface area contributed by atoms with E-state index in [-0.39, 0.29) is 12.6 Å². The molecule has 17 heavy (non-hydrogen) atoms. The number of aromatic carboxylic acids is 1. The van der Waals surface area contributed by atoms with E-state index in [1.54, 1.807) is 12.1 Å². The highest BCUT2D eigenvalue weighted by Gasteiger charge is 2.15. The number of rotatable bonds is 6. The lowest BCUT2D eigenvalue weighted by Gasteiger charge is -2.17. The number of anilines is 1. The number of aliphatic hydroxyl groups is 1. The number of nitrogens with one attached hydrogen (secondary N) is 1. The number of carbonyl (C=O) groups is 1. The molecule has 0 saturated heterocycles. The van der Waals surface area contributed by atoms with E-state index in [2.05, 4.69) is 5.32 Å². The molecule has 0 spiro atoms. The number of thioether (sulfide) groups is 1. The molecule has 0 fully saturated rings. The minimum absolute atomic E-state index is 0.0372. The van der Waals surface area contributed by atoms with Crippen molar-refractivity contribution in [3.8, 4) is 0 Å². The number of hydrogen-bond donors (Lipinski definition) is 3. The largest absolute Gasteiger partial charge is 0.478 e. The lowest BCUT2D eigenvalue weighted by atomic mass is 10.1. The molecule has 0 aromatic heterocycles. The Morgan fingerprint density at radius 2 is 2.24 bits per heavy atom. The molecule has 0 radical (unpaired) electrons. The van der Waals surface area contributed by atoms with Gasteiger partial charge in [0.1, 0.15) is 0 Å². The minimum Gasteiger partial charge on any atom is -0.478 e. The normalized spacial score (nSPS) is 12.2. The predicted octanol–water partition coefficient (Wildman–Crippen LogP) is 2.29. The first-order valence-corrected chi connectivity index (χ1v) is 6.60. The SMILES string of the molecule is CSc1cccc(NC(C)CCO)c1C(=O)O. The molecule has 1 rings (SSSR count). The molecule has 1 unspecified atom stereocenters. The van der Waals surface area contributed by atoms with Gasteiger partial charge >= 0.3 is 5.97 Å². The van der Waals surface area contributed by atoms with Crippen LogP contribution in [0.5, 0.6) is 0 Å². The van der Waals surface area contributed by atoms with Crippen LogP contribution in [0.1, 0.15) is 23.7 Å². The zero-order chi connectivity index (χ0) is 12.8. The molecule has 5 heteroatoms. The van der Waals surface area contributed by atoms with Gasteiger partial charge in [-0.15, -0.1) is 11.8 Å². The summed E-state index contributed by atoms with van der Waals surface area (Å²) in [6.07, 6.45) is 2.44. The fourth-order valence-corrected chi connectivity index (χ4v) is 2.19. The van der Waals surface area contributed by atoms with Gasteiger partial charge in [-0.3, -0.25) is 0 Å². The number of carboxylic acids is 1. The molecular formula is C12H17NO3S. The maximum absolute atomic E-state index is 11.2. The van der Waals surface area contributed by atoms with Crippen LogP contribution in [0.4, 0.5) is 5.69 Å². The van der Waals surface area contributed by atoms with Crippen LogP contribution in [0.25, 0.3) is 0 Å². The van der Waals surface area contributed by atoms with Gasteiger partial charge in [-0.2, -0.15) is 0 Å². The summed E-state index contributed by atoms with van der Waals surface area (Å²) in [5.74, 6) is -0.936. The van der Waals surface area contributed by atoms with Crippen molar-refractivity contribution in [2.24, 2.45) is 0 Å². The van der Waals surface area contributed by atoms with Gasteiger partial charge < -0.3 is 15.5 Å². The van der Waals surface area contributed by atoms with Crippen LogP contribution in [0.2, 0.25) is 0 Å². The van der Waals surface area contributed by atoms with Crippen LogP contribution in [0.15, 0.2) is 23.1 Å². The molecule has 1 aromatic carbocycles. The van der Waals surface area contributed by atoms with E-state index in [1.807, 2.05) is 19.2 Å². The van der Waals surface area contributed by atoms with Crippen LogP contribution in [0, 0.1) is 0 Å². The van der Waals surface area contributed by atoms with E-state index in [1.165, 1.54) is 11.8 Å². The Kier molecular flexibility index (Phi) is 5.31. The first kappa shape index (κ1) is 13.9. The van der Waals surface area contributed by atoms with Crippen molar-refractivity contribution < 1.29 is 15.0 Å². The molecule has 0 aliphatic carbocycles. The predicted molar refractivity (Wildman–Crippen MR) is 70.0 cm³/mol. The molecule has 94 valence electrons. The molecule has 3 N–H and O–H groups in total. The van der Waals surface area contributed by atoms with Crippen molar-refractivity contribution in [3.05, 3.63) is 23.8 Å². The Labute approximate surface area is 105 Å². The summed E-state index contributed by atoms with van der Waals surface area (Å²) in [6.45, 7) is 1.99. The fourth-order valence-electron chi connectivity index (χ4n) is 1.57. The maximum atomic E-state index is 11.2. The molecule has 0 bridgehead atoms. The van der Waals surface area contributed by atoms with E-state index < -0.39 is 5.97 Å². The summed E-state index contributed by atoms with van der Waals surface area (Å²) >= 11 is 1.41. The molecule has 4 nitrogen and oxygen atoms in total. The third-order valence-electron chi connectivity index (χ3n) is 2.42. The van der Waals surface area contributed by atoms with Gasteiger partial charge in [0.15, 0.2) is 0 Å². The van der Waals surface area contributed by atoms with Crippen LogP contribution >= 0.6 is 11.8 Å². The Morgan fingerprint density at radius 3 is 2.76 bits per heavy atom. The van der Waals surface area contributed by atoms with Crippen LogP contribution in [-0.4, -0.2) is 35.1 Å². The Hall–Kier alpha value is -1.20. The highest BCUT2D eigenvalue weighted by atomic mass is 32.2. The molecule has 0 amide bonds. The van der Waals surface area contributed by atoms with Crippen molar-refractivity contribution in [2.75, 3.05) is 18.2 Å². The van der Waals surface area contributed by atoms with E-state index in [0.717, 1.165) is 4.90 Å². The van der Waals surface area contributed by atoms with E-state index in [9.17, 15) is 9.90 Å². The summed E-state index contributed by atoms with van der Waals surface area (Å²) in [7, 11) is 0. The van der Waals surface area contributed by atoms with Crippen LogP contribution in [0.3, 0.4) is 0 Å². The first-order valence-electron chi connectivity index (χ1n) is 5.37. The van der Waals surface area contributed by atoms with Crippen molar-refractivity contribution in [1.29, 1.82) is 0 Å². The average molecular weight is 255 g/mol. The number of carboxylic acid groups (broad SMARTS) is 1. The van der Waals surface area contributed by atoms with Crippen molar-refractivity contribution in [1.82, 2.24) is 0 Å². The summed E-state index contributed by atoms with van der Waals surface area (Å²) in [6, 6.07) is 5.40. The molecule has 0 aliphatic rings. The smallest absolute Gasteiger partial charge is 0.338 e. The van der Waals surface area contributed by atoms with Crippen LogP contribution < -0.4 is 5.32 Å². The molecule has 0 saturated carbocycles. The van der Waals surface area contributed by atoms with Gasteiger partial charge in [0, 0.05) is 17.5 Å².